The number of carboxylic acids is 1. The van der Waals surface area contributed by atoms with Gasteiger partial charge < -0.3 is 9.52 Å². The Morgan fingerprint density at radius 3 is 2.55 bits per heavy atom. The van der Waals surface area contributed by atoms with Gasteiger partial charge in [0.25, 0.3) is 0 Å². The fourth-order valence-electron chi connectivity index (χ4n) is 2.13. The van der Waals surface area contributed by atoms with E-state index in [1.54, 1.807) is 24.3 Å². The highest BCUT2D eigenvalue weighted by Gasteiger charge is 2.22. The van der Waals surface area contributed by atoms with Gasteiger partial charge in [-0.3, -0.25) is 0 Å². The van der Waals surface area contributed by atoms with Gasteiger partial charge in [-0.25, -0.2) is 9.18 Å². The fraction of sp³-hybridized carbons (Fsp3) is 0. The Kier molecular flexibility index (Phi) is 3.06. The Bertz CT molecular complexity index is 809. The Balaban J connectivity index is 2.41. The van der Waals surface area contributed by atoms with Crippen molar-refractivity contribution >= 4 is 32.9 Å². The van der Waals surface area contributed by atoms with Crippen LogP contribution in [0.4, 0.5) is 4.39 Å². The molecule has 3 aromatic rings. The van der Waals surface area contributed by atoms with E-state index in [9.17, 15) is 14.3 Å². The van der Waals surface area contributed by atoms with E-state index in [-0.39, 0.29) is 15.8 Å². The Hall–Kier alpha value is -2.14. The van der Waals surface area contributed by atoms with Gasteiger partial charge in [-0.2, -0.15) is 0 Å². The molecule has 0 saturated heterocycles. The molecule has 100 valence electrons. The summed E-state index contributed by atoms with van der Waals surface area (Å²) in [5, 5.41) is 9.82. The van der Waals surface area contributed by atoms with Crippen molar-refractivity contribution in [1.29, 1.82) is 0 Å². The van der Waals surface area contributed by atoms with Crippen LogP contribution in [0, 0.1) is 5.82 Å². The van der Waals surface area contributed by atoms with Crippen molar-refractivity contribution in [2.75, 3.05) is 0 Å². The van der Waals surface area contributed by atoms with Crippen LogP contribution >= 0.6 is 15.9 Å². The summed E-state index contributed by atoms with van der Waals surface area (Å²) in [6, 6.07) is 11.7. The number of carbonyl (C=O) groups is 1. The van der Waals surface area contributed by atoms with Gasteiger partial charge in [-0.15, -0.1) is 0 Å². The Labute approximate surface area is 121 Å². The van der Waals surface area contributed by atoms with Gasteiger partial charge in [-0.1, -0.05) is 30.3 Å². The first kappa shape index (κ1) is 12.9. The summed E-state index contributed by atoms with van der Waals surface area (Å²) in [6.07, 6.45) is 0. The van der Waals surface area contributed by atoms with Crippen LogP contribution in [0.5, 0.6) is 0 Å². The molecule has 0 spiro atoms. The zero-order valence-corrected chi connectivity index (χ0v) is 11.6. The summed E-state index contributed by atoms with van der Waals surface area (Å²) in [5.41, 5.74) is 1.37. The second-order valence-corrected chi connectivity index (χ2v) is 5.09. The lowest BCUT2D eigenvalue weighted by molar-refractivity contribution is 0.0666. The van der Waals surface area contributed by atoms with Crippen molar-refractivity contribution in [1.82, 2.24) is 0 Å². The van der Waals surface area contributed by atoms with Crippen molar-refractivity contribution < 1.29 is 18.7 Å². The van der Waals surface area contributed by atoms with Crippen LogP contribution in [0.2, 0.25) is 0 Å². The van der Waals surface area contributed by atoms with Crippen molar-refractivity contribution in [2.45, 2.75) is 0 Å². The number of hydrogen-bond acceptors (Lipinski definition) is 2. The maximum atomic E-state index is 13.5. The second-order valence-electron chi connectivity index (χ2n) is 4.24. The molecule has 1 N–H and O–H groups in total. The average molecular weight is 335 g/mol. The SMILES string of the molecule is O=C(O)c1oc2cc(F)c(Br)cc2c1-c1ccccc1. The van der Waals surface area contributed by atoms with E-state index in [1.807, 2.05) is 6.07 Å². The molecule has 0 aliphatic rings. The number of fused-ring (bicyclic) bond motifs is 1. The summed E-state index contributed by atoms with van der Waals surface area (Å²) in [6.45, 7) is 0. The van der Waals surface area contributed by atoms with E-state index >= 15 is 0 Å². The van der Waals surface area contributed by atoms with E-state index in [1.165, 1.54) is 12.1 Å². The lowest BCUT2D eigenvalue weighted by Gasteiger charge is -2.00. The van der Waals surface area contributed by atoms with E-state index in [2.05, 4.69) is 15.9 Å². The third-order valence-electron chi connectivity index (χ3n) is 2.99. The third kappa shape index (κ3) is 2.00. The minimum atomic E-state index is -1.18. The fourth-order valence-corrected chi connectivity index (χ4v) is 2.48. The zero-order valence-electron chi connectivity index (χ0n) is 10.1. The molecular formula is C15H8BrFO3. The number of furan rings is 1. The first-order valence-electron chi connectivity index (χ1n) is 5.78. The molecule has 0 aliphatic carbocycles. The Morgan fingerprint density at radius 2 is 1.90 bits per heavy atom. The van der Waals surface area contributed by atoms with Crippen LogP contribution in [0.25, 0.3) is 22.1 Å². The molecule has 5 heteroatoms. The second kappa shape index (κ2) is 4.76. The first-order chi connectivity index (χ1) is 9.58. The van der Waals surface area contributed by atoms with Gasteiger partial charge in [0.2, 0.25) is 5.76 Å². The quantitative estimate of drug-likeness (QED) is 0.738. The third-order valence-corrected chi connectivity index (χ3v) is 3.60. The number of halogens is 2. The van der Waals surface area contributed by atoms with Crippen LogP contribution in [0.3, 0.4) is 0 Å². The molecule has 3 nitrogen and oxygen atoms in total. The van der Waals surface area contributed by atoms with E-state index in [0.29, 0.717) is 16.5 Å². The lowest BCUT2D eigenvalue weighted by Crippen LogP contribution is -1.95. The van der Waals surface area contributed by atoms with Gasteiger partial charge >= 0.3 is 5.97 Å². The highest BCUT2D eigenvalue weighted by molar-refractivity contribution is 9.10. The standard InChI is InChI=1S/C15H8BrFO3/c16-10-6-9-12(7-11(10)17)20-14(15(18)19)13(9)8-4-2-1-3-5-8/h1-7H,(H,18,19). The minimum Gasteiger partial charge on any atom is -0.475 e. The molecule has 0 fully saturated rings. The van der Waals surface area contributed by atoms with Crippen LogP contribution < -0.4 is 0 Å². The van der Waals surface area contributed by atoms with Crippen LogP contribution in [-0.2, 0) is 0 Å². The maximum absolute atomic E-state index is 13.5. The number of hydrogen-bond donors (Lipinski definition) is 1. The van der Waals surface area contributed by atoms with Crippen molar-refractivity contribution in [3.8, 4) is 11.1 Å². The molecular weight excluding hydrogens is 327 g/mol. The molecule has 3 rings (SSSR count). The normalized spacial score (nSPS) is 10.9. The van der Waals surface area contributed by atoms with E-state index < -0.39 is 11.8 Å². The minimum absolute atomic E-state index is 0.191. The molecule has 2 aromatic carbocycles. The van der Waals surface area contributed by atoms with Gasteiger partial charge in [0.05, 0.1) is 4.47 Å². The van der Waals surface area contributed by atoms with Crippen LogP contribution in [-0.4, -0.2) is 11.1 Å². The number of aromatic carboxylic acids is 1. The van der Waals surface area contributed by atoms with Crippen molar-refractivity contribution in [3.63, 3.8) is 0 Å². The van der Waals surface area contributed by atoms with Gasteiger partial charge in [-0.05, 0) is 27.6 Å². The average Bonchev–Trinajstić information content (AvgIpc) is 2.79. The predicted molar refractivity (Wildman–Crippen MR) is 76.3 cm³/mol. The largest absolute Gasteiger partial charge is 0.475 e. The molecule has 0 bridgehead atoms. The van der Waals surface area contributed by atoms with Gasteiger partial charge in [0.1, 0.15) is 11.4 Å². The summed E-state index contributed by atoms with van der Waals surface area (Å²) in [5.74, 6) is -1.87. The number of carboxylic acid groups (broad SMARTS) is 1. The van der Waals surface area contributed by atoms with Crippen LogP contribution in [0.15, 0.2) is 51.4 Å². The summed E-state index contributed by atoms with van der Waals surface area (Å²) < 4.78 is 19.1. The summed E-state index contributed by atoms with van der Waals surface area (Å²) in [4.78, 5) is 11.3. The van der Waals surface area contributed by atoms with Crippen molar-refractivity contribution in [3.05, 3.63) is 58.5 Å². The maximum Gasteiger partial charge on any atom is 0.372 e. The molecule has 0 radical (unpaired) electrons. The molecule has 20 heavy (non-hydrogen) atoms. The Morgan fingerprint density at radius 1 is 1.20 bits per heavy atom. The van der Waals surface area contributed by atoms with Gasteiger partial charge in [0.15, 0.2) is 0 Å². The molecule has 0 unspecified atom stereocenters. The molecule has 1 heterocycles. The van der Waals surface area contributed by atoms with E-state index in [0.717, 1.165) is 0 Å². The summed E-state index contributed by atoms with van der Waals surface area (Å²) in [7, 11) is 0. The van der Waals surface area contributed by atoms with Crippen molar-refractivity contribution in [2.24, 2.45) is 0 Å². The summed E-state index contributed by atoms with van der Waals surface area (Å²) >= 11 is 3.11. The van der Waals surface area contributed by atoms with Gasteiger partial charge in [0, 0.05) is 17.0 Å². The number of benzene rings is 2. The highest BCUT2D eigenvalue weighted by Crippen LogP contribution is 2.37. The highest BCUT2D eigenvalue weighted by atomic mass is 79.9. The predicted octanol–water partition coefficient (Wildman–Crippen LogP) is 4.70. The van der Waals surface area contributed by atoms with E-state index in [4.69, 9.17) is 4.42 Å². The topological polar surface area (TPSA) is 50.4 Å². The first-order valence-corrected chi connectivity index (χ1v) is 6.57. The lowest BCUT2D eigenvalue weighted by atomic mass is 10.0. The molecule has 0 atom stereocenters. The molecule has 1 aromatic heterocycles. The molecule has 0 saturated carbocycles. The van der Waals surface area contributed by atoms with Crippen LogP contribution in [0.1, 0.15) is 10.6 Å². The molecule has 0 amide bonds. The zero-order chi connectivity index (χ0) is 14.3. The smallest absolute Gasteiger partial charge is 0.372 e. The monoisotopic (exact) mass is 334 g/mol. The number of rotatable bonds is 2. The molecule has 0 aliphatic heterocycles.